The summed E-state index contributed by atoms with van der Waals surface area (Å²) < 4.78 is 5.91. The van der Waals surface area contributed by atoms with Crippen LogP contribution in [0.15, 0.2) is 24.3 Å². The van der Waals surface area contributed by atoms with Crippen molar-refractivity contribution in [1.82, 2.24) is 10.2 Å². The van der Waals surface area contributed by atoms with Crippen LogP contribution in [0.5, 0.6) is 5.75 Å². The third-order valence-electron chi connectivity index (χ3n) is 4.57. The molecule has 2 aliphatic heterocycles. The van der Waals surface area contributed by atoms with Gasteiger partial charge in [-0.05, 0) is 25.0 Å². The van der Waals surface area contributed by atoms with Crippen molar-refractivity contribution in [2.45, 2.75) is 38.3 Å². The van der Waals surface area contributed by atoms with E-state index in [4.69, 9.17) is 4.74 Å². The van der Waals surface area contributed by atoms with Crippen LogP contribution in [-0.2, 0) is 16.0 Å². The number of fused-ring (bicyclic) bond motifs is 1. The van der Waals surface area contributed by atoms with Crippen molar-refractivity contribution in [2.24, 2.45) is 0 Å². The lowest BCUT2D eigenvalue weighted by atomic mass is 9.92. The van der Waals surface area contributed by atoms with Gasteiger partial charge in [-0.2, -0.15) is 0 Å². The molecule has 21 heavy (non-hydrogen) atoms. The van der Waals surface area contributed by atoms with E-state index in [9.17, 15) is 9.59 Å². The molecule has 1 saturated heterocycles. The molecule has 0 aliphatic carbocycles. The summed E-state index contributed by atoms with van der Waals surface area (Å²) >= 11 is 0. The standard InChI is InChI=1S/C16H20N2O3/c1-3-16(2)15(20)17-9-14(19)18(16)10-12-8-11-6-4-5-7-13(11)21-12/h4-7,12H,3,8-10H2,1-2H3,(H,17,20). The fraction of sp³-hybridized carbons (Fsp3) is 0.500. The summed E-state index contributed by atoms with van der Waals surface area (Å²) in [5.74, 6) is 0.758. The van der Waals surface area contributed by atoms with Crippen LogP contribution < -0.4 is 10.1 Å². The molecule has 2 unspecified atom stereocenters. The minimum absolute atomic E-state index is 0.0430. The van der Waals surface area contributed by atoms with Gasteiger partial charge in [0.05, 0.1) is 13.1 Å². The van der Waals surface area contributed by atoms with E-state index in [1.54, 1.807) is 4.90 Å². The van der Waals surface area contributed by atoms with Gasteiger partial charge in [-0.3, -0.25) is 9.59 Å². The molecule has 0 radical (unpaired) electrons. The van der Waals surface area contributed by atoms with Crippen LogP contribution >= 0.6 is 0 Å². The molecular formula is C16H20N2O3. The fourth-order valence-corrected chi connectivity index (χ4v) is 3.05. The fourth-order valence-electron chi connectivity index (χ4n) is 3.05. The van der Waals surface area contributed by atoms with Gasteiger partial charge in [-0.15, -0.1) is 0 Å². The van der Waals surface area contributed by atoms with Crippen molar-refractivity contribution in [1.29, 1.82) is 0 Å². The monoisotopic (exact) mass is 288 g/mol. The second-order valence-electron chi connectivity index (χ2n) is 5.87. The summed E-state index contributed by atoms with van der Waals surface area (Å²) in [5, 5.41) is 2.67. The molecule has 1 N–H and O–H groups in total. The van der Waals surface area contributed by atoms with Gasteiger partial charge in [-0.25, -0.2) is 0 Å². The quantitative estimate of drug-likeness (QED) is 0.906. The van der Waals surface area contributed by atoms with Crippen LogP contribution in [0.2, 0.25) is 0 Å². The molecule has 2 amide bonds. The maximum absolute atomic E-state index is 12.2. The number of carbonyl (C=O) groups excluding carboxylic acids is 2. The van der Waals surface area contributed by atoms with Gasteiger partial charge < -0.3 is 15.0 Å². The van der Waals surface area contributed by atoms with Gasteiger partial charge in [0, 0.05) is 6.42 Å². The number of nitrogens with zero attached hydrogens (tertiary/aromatic N) is 1. The molecule has 5 heteroatoms. The molecule has 0 spiro atoms. The Morgan fingerprint density at radius 3 is 2.86 bits per heavy atom. The number of ether oxygens (including phenoxy) is 1. The smallest absolute Gasteiger partial charge is 0.246 e. The van der Waals surface area contributed by atoms with Gasteiger partial charge in [0.1, 0.15) is 17.4 Å². The largest absolute Gasteiger partial charge is 0.488 e. The molecular weight excluding hydrogens is 268 g/mol. The Hall–Kier alpha value is -2.04. The van der Waals surface area contributed by atoms with E-state index in [0.717, 1.165) is 17.7 Å². The minimum atomic E-state index is -0.784. The number of amides is 2. The van der Waals surface area contributed by atoms with Crippen LogP contribution in [-0.4, -0.2) is 41.4 Å². The highest BCUT2D eigenvalue weighted by atomic mass is 16.5. The second kappa shape index (κ2) is 5.06. The van der Waals surface area contributed by atoms with Gasteiger partial charge >= 0.3 is 0 Å². The predicted octanol–water partition coefficient (Wildman–Crippen LogP) is 1.12. The molecule has 2 heterocycles. The maximum atomic E-state index is 12.2. The number of rotatable bonds is 3. The van der Waals surface area contributed by atoms with Crippen LogP contribution in [0.3, 0.4) is 0 Å². The van der Waals surface area contributed by atoms with Gasteiger partial charge in [-0.1, -0.05) is 25.1 Å². The first-order chi connectivity index (χ1) is 10.0. The average molecular weight is 288 g/mol. The highest BCUT2D eigenvalue weighted by Crippen LogP contribution is 2.31. The molecule has 5 nitrogen and oxygen atoms in total. The van der Waals surface area contributed by atoms with E-state index in [2.05, 4.69) is 5.32 Å². The molecule has 2 atom stereocenters. The minimum Gasteiger partial charge on any atom is -0.488 e. The van der Waals surface area contributed by atoms with Crippen LogP contribution in [0.25, 0.3) is 0 Å². The molecule has 1 fully saturated rings. The Balaban J connectivity index is 1.77. The van der Waals surface area contributed by atoms with Crippen molar-refractivity contribution in [3.8, 4) is 5.75 Å². The lowest BCUT2D eigenvalue weighted by molar-refractivity contribution is -0.154. The lowest BCUT2D eigenvalue weighted by Crippen LogP contribution is -2.66. The third kappa shape index (κ3) is 2.26. The second-order valence-corrected chi connectivity index (χ2v) is 5.87. The van der Waals surface area contributed by atoms with E-state index in [0.29, 0.717) is 13.0 Å². The Labute approximate surface area is 124 Å². The summed E-state index contributed by atoms with van der Waals surface area (Å²) in [7, 11) is 0. The Bertz CT molecular complexity index is 562. The lowest BCUT2D eigenvalue weighted by Gasteiger charge is -2.43. The number of hydrogen-bond acceptors (Lipinski definition) is 3. The summed E-state index contributed by atoms with van der Waals surface area (Å²) in [4.78, 5) is 26.1. The number of piperazine rings is 1. The molecule has 0 aromatic heterocycles. The van der Waals surface area contributed by atoms with Crippen LogP contribution in [0.4, 0.5) is 0 Å². The highest BCUT2D eigenvalue weighted by Gasteiger charge is 2.45. The zero-order valence-corrected chi connectivity index (χ0v) is 12.4. The van der Waals surface area contributed by atoms with E-state index in [1.165, 1.54) is 0 Å². The van der Waals surface area contributed by atoms with Crippen LogP contribution in [0.1, 0.15) is 25.8 Å². The molecule has 112 valence electrons. The van der Waals surface area contributed by atoms with E-state index in [-0.39, 0.29) is 24.5 Å². The zero-order valence-electron chi connectivity index (χ0n) is 12.4. The highest BCUT2D eigenvalue weighted by molar-refractivity contribution is 5.97. The SMILES string of the molecule is CCC1(C)C(=O)NCC(=O)N1CC1Cc2ccccc2O1. The first-order valence-corrected chi connectivity index (χ1v) is 7.38. The average Bonchev–Trinajstić information content (AvgIpc) is 2.90. The van der Waals surface area contributed by atoms with Crippen molar-refractivity contribution < 1.29 is 14.3 Å². The normalized spacial score (nSPS) is 28.1. The Kier molecular flexibility index (Phi) is 3.35. The van der Waals surface area contributed by atoms with Crippen molar-refractivity contribution >= 4 is 11.8 Å². The van der Waals surface area contributed by atoms with Crippen molar-refractivity contribution in [3.05, 3.63) is 29.8 Å². The number of para-hydroxylation sites is 1. The zero-order chi connectivity index (χ0) is 15.0. The third-order valence-corrected chi connectivity index (χ3v) is 4.57. The molecule has 0 bridgehead atoms. The van der Waals surface area contributed by atoms with Gasteiger partial charge in [0.2, 0.25) is 11.8 Å². The molecule has 1 aromatic carbocycles. The van der Waals surface area contributed by atoms with Crippen molar-refractivity contribution in [3.63, 3.8) is 0 Å². The number of nitrogens with one attached hydrogen (secondary N) is 1. The van der Waals surface area contributed by atoms with E-state index < -0.39 is 5.54 Å². The van der Waals surface area contributed by atoms with E-state index >= 15 is 0 Å². The van der Waals surface area contributed by atoms with Gasteiger partial charge in [0.15, 0.2) is 0 Å². The van der Waals surface area contributed by atoms with Gasteiger partial charge in [0.25, 0.3) is 0 Å². The predicted molar refractivity (Wildman–Crippen MR) is 78.0 cm³/mol. The number of hydrogen-bond donors (Lipinski definition) is 1. The topological polar surface area (TPSA) is 58.6 Å². The van der Waals surface area contributed by atoms with Crippen LogP contribution in [0, 0.1) is 0 Å². The van der Waals surface area contributed by atoms with E-state index in [1.807, 2.05) is 38.1 Å². The molecule has 1 aromatic rings. The maximum Gasteiger partial charge on any atom is 0.246 e. The summed E-state index contributed by atoms with van der Waals surface area (Å²) in [5.41, 5.74) is 0.377. The molecule has 2 aliphatic rings. The summed E-state index contributed by atoms with van der Waals surface area (Å²) in [6.45, 7) is 4.27. The number of benzene rings is 1. The molecule has 3 rings (SSSR count). The van der Waals surface area contributed by atoms with Crippen molar-refractivity contribution in [2.75, 3.05) is 13.1 Å². The Morgan fingerprint density at radius 1 is 1.38 bits per heavy atom. The summed E-state index contributed by atoms with van der Waals surface area (Å²) in [6.07, 6.45) is 1.29. The number of carbonyl (C=O) groups is 2. The first-order valence-electron chi connectivity index (χ1n) is 7.38. The first kappa shape index (κ1) is 13.9. The molecule has 0 saturated carbocycles. The Morgan fingerprint density at radius 2 is 2.14 bits per heavy atom. The summed E-state index contributed by atoms with van der Waals surface area (Å²) in [6, 6.07) is 7.91.